The highest BCUT2D eigenvalue weighted by Crippen LogP contribution is 2.24. The second-order valence-corrected chi connectivity index (χ2v) is 6.35. The topological polar surface area (TPSA) is 73.5 Å². The summed E-state index contributed by atoms with van der Waals surface area (Å²) in [6.07, 6.45) is 5.59. The van der Waals surface area contributed by atoms with E-state index in [1.165, 1.54) is 7.11 Å². The van der Waals surface area contributed by atoms with Crippen molar-refractivity contribution in [3.05, 3.63) is 53.8 Å². The Morgan fingerprint density at radius 3 is 2.76 bits per heavy atom. The van der Waals surface area contributed by atoms with Crippen LogP contribution in [0.1, 0.15) is 10.4 Å². The molecule has 3 heterocycles. The average molecular weight is 353 g/mol. The number of ether oxygens (including phenoxy) is 1. The maximum Gasteiger partial charge on any atom is 0.262 e. The van der Waals surface area contributed by atoms with E-state index < -0.39 is 0 Å². The number of fused-ring (bicyclic) bond motifs is 1. The minimum Gasteiger partial charge on any atom is -0.479 e. The van der Waals surface area contributed by atoms with Crippen molar-refractivity contribution in [3.8, 4) is 17.1 Å². The van der Waals surface area contributed by atoms with Crippen molar-refractivity contribution in [1.29, 1.82) is 0 Å². The van der Waals surface area contributed by atoms with Crippen LogP contribution in [0, 0.1) is 0 Å². The van der Waals surface area contributed by atoms with E-state index in [-0.39, 0.29) is 5.91 Å². The third-order valence-corrected chi connectivity index (χ3v) is 4.54. The number of carbonyl (C=O) groups excluding carboxylic acids is 1. The first-order chi connectivity index (χ1) is 12.1. The van der Waals surface area contributed by atoms with Gasteiger partial charge in [-0.05, 0) is 12.1 Å². The number of rotatable bonds is 4. The van der Waals surface area contributed by atoms with E-state index in [9.17, 15) is 4.79 Å². The third-order valence-electron chi connectivity index (χ3n) is 3.76. The Hall–Kier alpha value is -3.13. The first-order valence-electron chi connectivity index (χ1n) is 7.55. The second-order valence-electron chi connectivity index (χ2n) is 5.48. The van der Waals surface area contributed by atoms with Gasteiger partial charge in [0, 0.05) is 42.3 Å². The predicted octanol–water partition coefficient (Wildman–Crippen LogP) is 3.06. The molecule has 4 rings (SSSR count). The molecule has 0 spiro atoms. The van der Waals surface area contributed by atoms with E-state index >= 15 is 0 Å². The van der Waals surface area contributed by atoms with Crippen LogP contribution in [0.4, 0.5) is 5.69 Å². The van der Waals surface area contributed by atoms with Crippen LogP contribution in [0.15, 0.2) is 48.2 Å². The molecule has 3 aromatic heterocycles. The summed E-state index contributed by atoms with van der Waals surface area (Å²) in [7, 11) is 3.23. The summed E-state index contributed by atoms with van der Waals surface area (Å²) in [5, 5.41) is 8.93. The molecule has 0 fully saturated rings. The zero-order chi connectivity index (χ0) is 17.4. The van der Waals surface area contributed by atoms with Crippen LogP contribution in [-0.2, 0) is 7.05 Å². The molecule has 126 valence electrons. The number of benzene rings is 1. The third kappa shape index (κ3) is 2.87. The highest BCUT2D eigenvalue weighted by Gasteiger charge is 2.16. The summed E-state index contributed by atoms with van der Waals surface area (Å²) in [6, 6.07) is 7.57. The van der Waals surface area contributed by atoms with E-state index in [2.05, 4.69) is 15.4 Å². The van der Waals surface area contributed by atoms with Crippen LogP contribution in [0.5, 0.6) is 5.88 Å². The van der Waals surface area contributed by atoms with Crippen LogP contribution < -0.4 is 10.1 Å². The standard InChI is InChI=1S/C17H15N5O2S/c1-21-9-13(16(20-21)24-2)15(23)18-12-5-3-11(4-6-12)14-10-22-7-8-25-17(22)19-14/h3-10H,1-2H3,(H,18,23). The second kappa shape index (κ2) is 6.06. The average Bonchev–Trinajstić information content (AvgIpc) is 3.29. The van der Waals surface area contributed by atoms with E-state index in [1.807, 2.05) is 46.4 Å². The Morgan fingerprint density at radius 1 is 1.24 bits per heavy atom. The first kappa shape index (κ1) is 15.4. The van der Waals surface area contributed by atoms with E-state index in [1.54, 1.807) is 29.3 Å². The fourth-order valence-electron chi connectivity index (χ4n) is 2.56. The fraction of sp³-hybridized carbons (Fsp3) is 0.118. The molecule has 8 heteroatoms. The number of methoxy groups -OCH3 is 1. The summed E-state index contributed by atoms with van der Waals surface area (Å²) in [5.41, 5.74) is 2.98. The number of nitrogens with one attached hydrogen (secondary N) is 1. The van der Waals surface area contributed by atoms with Gasteiger partial charge in [-0.2, -0.15) is 0 Å². The highest BCUT2D eigenvalue weighted by atomic mass is 32.1. The molecule has 0 aliphatic carbocycles. The lowest BCUT2D eigenvalue weighted by molar-refractivity contribution is 0.102. The van der Waals surface area contributed by atoms with Gasteiger partial charge in [0.15, 0.2) is 4.96 Å². The lowest BCUT2D eigenvalue weighted by atomic mass is 10.1. The van der Waals surface area contributed by atoms with Gasteiger partial charge < -0.3 is 10.1 Å². The van der Waals surface area contributed by atoms with E-state index in [0.29, 0.717) is 17.1 Å². The molecule has 0 unspecified atom stereocenters. The van der Waals surface area contributed by atoms with Crippen molar-refractivity contribution in [1.82, 2.24) is 19.2 Å². The Bertz CT molecular complexity index is 1020. The summed E-state index contributed by atoms with van der Waals surface area (Å²) in [6.45, 7) is 0. The number of imidazole rings is 1. The van der Waals surface area contributed by atoms with Crippen molar-refractivity contribution in [2.45, 2.75) is 0 Å². The van der Waals surface area contributed by atoms with Gasteiger partial charge in [-0.3, -0.25) is 13.9 Å². The lowest BCUT2D eigenvalue weighted by Crippen LogP contribution is -2.12. The number of thiazole rings is 1. The quantitative estimate of drug-likeness (QED) is 0.612. The molecule has 1 aromatic carbocycles. The molecule has 1 amide bonds. The van der Waals surface area contributed by atoms with Gasteiger partial charge in [0.1, 0.15) is 5.56 Å². The number of anilines is 1. The van der Waals surface area contributed by atoms with Crippen LogP contribution in [0.3, 0.4) is 0 Å². The van der Waals surface area contributed by atoms with Gasteiger partial charge in [-0.25, -0.2) is 4.98 Å². The van der Waals surface area contributed by atoms with Gasteiger partial charge >= 0.3 is 0 Å². The predicted molar refractivity (Wildman–Crippen MR) is 96.2 cm³/mol. The monoisotopic (exact) mass is 353 g/mol. The Kier molecular flexibility index (Phi) is 3.73. The van der Waals surface area contributed by atoms with E-state index in [0.717, 1.165) is 16.2 Å². The minimum atomic E-state index is -0.264. The molecule has 0 aliphatic heterocycles. The highest BCUT2D eigenvalue weighted by molar-refractivity contribution is 7.15. The van der Waals surface area contributed by atoms with Crippen LogP contribution in [-0.4, -0.2) is 32.2 Å². The Labute approximate surface area is 147 Å². The first-order valence-corrected chi connectivity index (χ1v) is 8.43. The maximum atomic E-state index is 12.4. The van der Waals surface area contributed by atoms with Gasteiger partial charge in [0.2, 0.25) is 5.88 Å². The number of hydrogen-bond acceptors (Lipinski definition) is 5. The van der Waals surface area contributed by atoms with Crippen molar-refractivity contribution in [3.63, 3.8) is 0 Å². The van der Waals surface area contributed by atoms with Crippen molar-refractivity contribution in [2.24, 2.45) is 7.05 Å². The van der Waals surface area contributed by atoms with Gasteiger partial charge in [0.05, 0.1) is 12.8 Å². The van der Waals surface area contributed by atoms with Gasteiger partial charge in [-0.1, -0.05) is 12.1 Å². The van der Waals surface area contributed by atoms with Crippen molar-refractivity contribution < 1.29 is 9.53 Å². The molecule has 0 aliphatic rings. The number of nitrogens with zero attached hydrogens (tertiary/aromatic N) is 4. The van der Waals surface area contributed by atoms with E-state index in [4.69, 9.17) is 4.74 Å². The molecule has 4 aromatic rings. The molecule has 1 N–H and O–H groups in total. The molecular weight excluding hydrogens is 338 g/mol. The normalized spacial score (nSPS) is 11.0. The van der Waals surface area contributed by atoms with Crippen LogP contribution >= 0.6 is 11.3 Å². The summed E-state index contributed by atoms with van der Waals surface area (Å²) in [4.78, 5) is 17.9. The van der Waals surface area contributed by atoms with Crippen LogP contribution in [0.25, 0.3) is 16.2 Å². The molecule has 7 nitrogen and oxygen atoms in total. The Morgan fingerprint density at radius 2 is 2.04 bits per heavy atom. The number of hydrogen-bond donors (Lipinski definition) is 1. The molecular formula is C17H15N5O2S. The molecule has 25 heavy (non-hydrogen) atoms. The van der Waals surface area contributed by atoms with Crippen molar-refractivity contribution in [2.75, 3.05) is 12.4 Å². The lowest BCUT2D eigenvalue weighted by Gasteiger charge is -2.05. The molecule has 0 saturated carbocycles. The van der Waals surface area contributed by atoms with Crippen molar-refractivity contribution >= 4 is 27.9 Å². The largest absolute Gasteiger partial charge is 0.479 e. The molecule has 0 radical (unpaired) electrons. The zero-order valence-corrected chi connectivity index (χ0v) is 14.4. The molecule has 0 bridgehead atoms. The van der Waals surface area contributed by atoms with Crippen LogP contribution in [0.2, 0.25) is 0 Å². The summed E-state index contributed by atoms with van der Waals surface area (Å²) >= 11 is 1.59. The molecule has 0 atom stereocenters. The number of aromatic nitrogens is 4. The van der Waals surface area contributed by atoms with Gasteiger partial charge in [-0.15, -0.1) is 16.4 Å². The van der Waals surface area contributed by atoms with Gasteiger partial charge in [0.25, 0.3) is 5.91 Å². The number of aryl methyl sites for hydroxylation is 1. The summed E-state index contributed by atoms with van der Waals surface area (Å²) in [5.74, 6) is 0.0370. The zero-order valence-electron chi connectivity index (χ0n) is 13.6. The number of carbonyl (C=O) groups is 1. The summed E-state index contributed by atoms with van der Waals surface area (Å²) < 4.78 is 8.65. The SMILES string of the molecule is COc1nn(C)cc1C(=O)Nc1ccc(-c2cn3ccsc3n2)cc1. The molecule has 0 saturated heterocycles. The fourth-order valence-corrected chi connectivity index (χ4v) is 3.26. The minimum absolute atomic E-state index is 0.264. The Balaban J connectivity index is 1.53. The maximum absolute atomic E-state index is 12.4. The smallest absolute Gasteiger partial charge is 0.262 e. The number of amides is 1.